The topological polar surface area (TPSA) is 75.9 Å². The van der Waals surface area contributed by atoms with Gasteiger partial charge >= 0.3 is 0 Å². The minimum Gasteiger partial charge on any atom is -0.497 e. The van der Waals surface area contributed by atoms with E-state index in [9.17, 15) is 9.59 Å². The van der Waals surface area contributed by atoms with Gasteiger partial charge in [0.1, 0.15) is 23.6 Å². The Balaban J connectivity index is 1.64. The van der Waals surface area contributed by atoms with Gasteiger partial charge < -0.3 is 15.0 Å². The number of amides is 1. The highest BCUT2D eigenvalue weighted by atomic mass is 79.9. The van der Waals surface area contributed by atoms with Crippen molar-refractivity contribution in [3.63, 3.8) is 0 Å². The summed E-state index contributed by atoms with van der Waals surface area (Å²) in [6.07, 6.45) is 0. The molecule has 7 nitrogen and oxygen atoms in total. The van der Waals surface area contributed by atoms with E-state index in [1.54, 1.807) is 29.9 Å². The molecular formula is C20H15BrN4O3S. The number of thiazole rings is 1. The molecular weight excluding hydrogens is 456 g/mol. The van der Waals surface area contributed by atoms with Gasteiger partial charge in [0.15, 0.2) is 4.80 Å². The number of hydrogen-bond acceptors (Lipinski definition) is 6. The van der Waals surface area contributed by atoms with Crippen molar-refractivity contribution >= 4 is 50.1 Å². The van der Waals surface area contributed by atoms with Crippen LogP contribution in [0.3, 0.4) is 0 Å². The number of nitrogens with zero attached hydrogens (tertiary/aromatic N) is 3. The summed E-state index contributed by atoms with van der Waals surface area (Å²) in [5, 5.41) is 2.83. The summed E-state index contributed by atoms with van der Waals surface area (Å²) in [6.45, 7) is 0.836. The van der Waals surface area contributed by atoms with Gasteiger partial charge in [-0.15, -0.1) is 0 Å². The van der Waals surface area contributed by atoms with Crippen molar-refractivity contribution in [2.24, 2.45) is 4.99 Å². The first-order valence-electron chi connectivity index (χ1n) is 8.84. The Morgan fingerprint density at radius 2 is 1.97 bits per heavy atom. The van der Waals surface area contributed by atoms with E-state index in [0.29, 0.717) is 45.2 Å². The molecule has 2 aromatic carbocycles. The van der Waals surface area contributed by atoms with E-state index in [1.165, 1.54) is 11.3 Å². The standard InChI is InChI=1S/C20H15BrN4O3S/c1-28-13-6-7-15-14(8-13)16(18(26)23-15)17-19(27)25-10-24(9-22-20(25)29-17)12-4-2-11(21)3-5-12/h2-8H,9-10H2,1H3,(H,23,26)/b17-16-. The van der Waals surface area contributed by atoms with Crippen LogP contribution in [0.1, 0.15) is 5.56 Å². The van der Waals surface area contributed by atoms with Crippen LogP contribution in [0.5, 0.6) is 5.75 Å². The first-order chi connectivity index (χ1) is 14.0. The molecule has 29 heavy (non-hydrogen) atoms. The number of benzene rings is 2. The number of halogens is 1. The summed E-state index contributed by atoms with van der Waals surface area (Å²) in [5.74, 6) is 0.347. The summed E-state index contributed by atoms with van der Waals surface area (Å²) in [5.41, 5.74) is 2.49. The number of anilines is 2. The fraction of sp³-hybridized carbons (Fsp3) is 0.150. The Kier molecular flexibility index (Phi) is 4.29. The predicted octanol–water partition coefficient (Wildman–Crippen LogP) is 1.89. The number of fused-ring (bicyclic) bond motifs is 2. The predicted molar refractivity (Wildman–Crippen MR) is 115 cm³/mol. The third kappa shape index (κ3) is 2.97. The van der Waals surface area contributed by atoms with Gasteiger partial charge in [-0.3, -0.25) is 14.2 Å². The van der Waals surface area contributed by atoms with Crippen molar-refractivity contribution in [3.05, 3.63) is 72.2 Å². The Morgan fingerprint density at radius 1 is 1.17 bits per heavy atom. The molecule has 0 spiro atoms. The van der Waals surface area contributed by atoms with Gasteiger partial charge in [0.25, 0.3) is 11.5 Å². The molecule has 0 atom stereocenters. The van der Waals surface area contributed by atoms with Gasteiger partial charge in [-0.05, 0) is 42.5 Å². The quantitative estimate of drug-likeness (QED) is 0.620. The largest absolute Gasteiger partial charge is 0.497 e. The zero-order chi connectivity index (χ0) is 20.1. The number of methoxy groups -OCH3 is 1. The molecule has 5 rings (SSSR count). The lowest BCUT2D eigenvalue weighted by molar-refractivity contribution is -0.110. The summed E-state index contributed by atoms with van der Waals surface area (Å²) in [6, 6.07) is 13.2. The molecule has 0 saturated heterocycles. The van der Waals surface area contributed by atoms with Gasteiger partial charge in [0.05, 0.1) is 12.7 Å². The van der Waals surface area contributed by atoms with E-state index < -0.39 is 0 Å². The van der Waals surface area contributed by atoms with Crippen LogP contribution in [0, 0.1) is 0 Å². The number of aromatic nitrogens is 1. The van der Waals surface area contributed by atoms with Crippen molar-refractivity contribution < 1.29 is 9.53 Å². The zero-order valence-electron chi connectivity index (χ0n) is 15.3. The molecule has 0 unspecified atom stereocenters. The Labute approximate surface area is 177 Å². The van der Waals surface area contributed by atoms with E-state index in [1.807, 2.05) is 29.2 Å². The highest BCUT2D eigenvalue weighted by Crippen LogP contribution is 2.33. The molecule has 1 amide bonds. The summed E-state index contributed by atoms with van der Waals surface area (Å²) in [7, 11) is 1.57. The van der Waals surface area contributed by atoms with Crippen molar-refractivity contribution in [2.75, 3.05) is 24.0 Å². The third-order valence-corrected chi connectivity index (χ3v) is 6.59. The average molecular weight is 471 g/mol. The molecule has 0 aliphatic carbocycles. The molecule has 0 saturated carbocycles. The monoisotopic (exact) mass is 470 g/mol. The van der Waals surface area contributed by atoms with Crippen LogP contribution in [0.2, 0.25) is 0 Å². The van der Waals surface area contributed by atoms with Crippen LogP contribution in [0.15, 0.2) is 56.7 Å². The van der Waals surface area contributed by atoms with Crippen LogP contribution in [-0.4, -0.2) is 24.3 Å². The molecule has 2 aliphatic rings. The van der Waals surface area contributed by atoms with Crippen molar-refractivity contribution in [3.8, 4) is 5.75 Å². The van der Waals surface area contributed by atoms with Gasteiger partial charge in [-0.25, -0.2) is 4.99 Å². The number of carbonyl (C=O) groups excluding carboxylic acids is 1. The molecule has 9 heteroatoms. The number of ether oxygens (including phenoxy) is 1. The summed E-state index contributed by atoms with van der Waals surface area (Å²) in [4.78, 5) is 33.0. The van der Waals surface area contributed by atoms with Crippen LogP contribution in [0.4, 0.5) is 11.4 Å². The van der Waals surface area contributed by atoms with E-state index in [2.05, 4.69) is 26.2 Å². The first-order valence-corrected chi connectivity index (χ1v) is 10.4. The summed E-state index contributed by atoms with van der Waals surface area (Å²) >= 11 is 4.68. The minimum atomic E-state index is -0.283. The van der Waals surface area contributed by atoms with Gasteiger partial charge in [0.2, 0.25) is 0 Å². The van der Waals surface area contributed by atoms with Gasteiger partial charge in [-0.1, -0.05) is 27.3 Å². The molecule has 0 bridgehead atoms. The van der Waals surface area contributed by atoms with Crippen LogP contribution < -0.4 is 29.8 Å². The molecule has 146 valence electrons. The molecule has 1 aromatic heterocycles. The van der Waals surface area contributed by atoms with Crippen molar-refractivity contribution in [2.45, 2.75) is 6.67 Å². The maximum atomic E-state index is 13.2. The number of carbonyl (C=O) groups is 1. The molecule has 1 N–H and O–H groups in total. The van der Waals surface area contributed by atoms with Crippen molar-refractivity contribution in [1.82, 2.24) is 4.57 Å². The van der Waals surface area contributed by atoms with Crippen molar-refractivity contribution in [1.29, 1.82) is 0 Å². The second-order valence-corrected chi connectivity index (χ2v) is 8.54. The zero-order valence-corrected chi connectivity index (χ0v) is 17.7. The van der Waals surface area contributed by atoms with E-state index >= 15 is 0 Å². The molecule has 3 heterocycles. The Bertz CT molecular complexity index is 1330. The second kappa shape index (κ2) is 6.85. The van der Waals surface area contributed by atoms with E-state index in [4.69, 9.17) is 4.74 Å². The maximum absolute atomic E-state index is 13.2. The molecule has 2 aliphatic heterocycles. The van der Waals surface area contributed by atoms with Crippen LogP contribution in [-0.2, 0) is 11.5 Å². The molecule has 0 fully saturated rings. The normalized spacial score (nSPS) is 16.8. The average Bonchev–Trinajstić information content (AvgIpc) is 3.23. The highest BCUT2D eigenvalue weighted by Gasteiger charge is 2.28. The number of hydrogen-bond donors (Lipinski definition) is 1. The molecule has 3 aromatic rings. The minimum absolute atomic E-state index is 0.212. The van der Waals surface area contributed by atoms with Crippen LogP contribution in [0.25, 0.3) is 5.57 Å². The molecule has 0 radical (unpaired) electrons. The SMILES string of the molecule is COc1ccc2c(c1)/C(=c1/sc3n(c1=O)CN(c1ccc(Br)cc1)CN=3)C(=O)N2. The number of rotatable bonds is 2. The first kappa shape index (κ1) is 18.1. The van der Waals surface area contributed by atoms with Gasteiger partial charge in [0, 0.05) is 21.4 Å². The lowest BCUT2D eigenvalue weighted by Gasteiger charge is -2.25. The fourth-order valence-electron chi connectivity index (χ4n) is 3.48. The van der Waals surface area contributed by atoms with E-state index in [0.717, 1.165) is 10.2 Å². The second-order valence-electron chi connectivity index (χ2n) is 6.64. The smallest absolute Gasteiger partial charge is 0.272 e. The summed E-state index contributed by atoms with van der Waals surface area (Å²) < 4.78 is 8.28. The highest BCUT2D eigenvalue weighted by molar-refractivity contribution is 9.10. The van der Waals surface area contributed by atoms with Crippen LogP contribution >= 0.6 is 27.3 Å². The third-order valence-electron chi connectivity index (χ3n) is 4.94. The van der Waals surface area contributed by atoms with E-state index in [-0.39, 0.29) is 11.5 Å². The number of nitrogens with one attached hydrogen (secondary N) is 1. The fourth-order valence-corrected chi connectivity index (χ4v) is 4.80. The van der Waals surface area contributed by atoms with Gasteiger partial charge in [-0.2, -0.15) is 0 Å². The lowest BCUT2D eigenvalue weighted by Crippen LogP contribution is -2.43. The Morgan fingerprint density at radius 3 is 2.72 bits per heavy atom. The maximum Gasteiger partial charge on any atom is 0.272 e. The Hall–Kier alpha value is -2.91. The lowest BCUT2D eigenvalue weighted by atomic mass is 10.1.